The van der Waals surface area contributed by atoms with Crippen molar-refractivity contribution in [2.24, 2.45) is 0 Å². The minimum Gasteiger partial charge on any atom is -0.255 e. The molecular formula is C24H14N6. The topological polar surface area (TPSA) is 77.3 Å². The molecule has 0 fully saturated rings. The first-order valence-electron chi connectivity index (χ1n) is 9.56. The molecule has 0 saturated carbocycles. The molecule has 0 amide bonds. The predicted octanol–water partition coefficient (Wildman–Crippen LogP) is 4.85. The van der Waals surface area contributed by atoms with E-state index in [1.807, 2.05) is 60.7 Å². The Kier molecular flexibility index (Phi) is 3.67. The Hall–Kier alpha value is -4.32. The molecule has 6 rings (SSSR count). The van der Waals surface area contributed by atoms with E-state index in [9.17, 15) is 0 Å². The van der Waals surface area contributed by atoms with Gasteiger partial charge in [-0.25, -0.2) is 9.97 Å². The van der Waals surface area contributed by atoms with Crippen LogP contribution in [0.1, 0.15) is 0 Å². The minimum atomic E-state index is 0.670. The van der Waals surface area contributed by atoms with Crippen LogP contribution in [0.5, 0.6) is 0 Å². The zero-order chi connectivity index (χ0) is 19.9. The fourth-order valence-electron chi connectivity index (χ4n) is 3.75. The highest BCUT2D eigenvalue weighted by Gasteiger charge is 2.19. The van der Waals surface area contributed by atoms with E-state index in [1.54, 1.807) is 24.8 Å². The van der Waals surface area contributed by atoms with E-state index in [4.69, 9.17) is 9.97 Å². The molecule has 0 N–H and O–H groups in total. The molecule has 0 aliphatic heterocycles. The van der Waals surface area contributed by atoms with Gasteiger partial charge in [-0.05, 0) is 36.4 Å². The van der Waals surface area contributed by atoms with Gasteiger partial charge in [0, 0.05) is 35.6 Å². The highest BCUT2D eigenvalue weighted by molar-refractivity contribution is 6.21. The number of pyridine rings is 4. The summed E-state index contributed by atoms with van der Waals surface area (Å²) in [6.45, 7) is 0. The van der Waals surface area contributed by atoms with Crippen LogP contribution in [0.4, 0.5) is 0 Å². The third kappa shape index (κ3) is 2.51. The number of hydrogen-bond acceptors (Lipinski definition) is 6. The van der Waals surface area contributed by atoms with Crippen molar-refractivity contribution in [1.82, 2.24) is 29.9 Å². The molecule has 0 radical (unpaired) electrons. The summed E-state index contributed by atoms with van der Waals surface area (Å²) in [6.07, 6.45) is 7.06. The SMILES string of the molecule is c1ccc(-c2nc3c4ncccc4c4cccnc4c3nc2-c2ccccn2)nc1. The lowest BCUT2D eigenvalue weighted by atomic mass is 10.1. The van der Waals surface area contributed by atoms with Crippen molar-refractivity contribution in [1.29, 1.82) is 0 Å². The molecule has 5 heterocycles. The molecule has 140 valence electrons. The van der Waals surface area contributed by atoms with E-state index in [0.29, 0.717) is 22.4 Å². The highest BCUT2D eigenvalue weighted by atomic mass is 14.9. The standard InChI is InChI=1S/C24H14N6/c1-3-11-25-17(9-1)21-22(18-10-2-4-12-26-18)30-24-20-16(8-6-14-28-20)15-7-5-13-27-19(15)23(24)29-21/h1-14H. The number of hydrogen-bond donors (Lipinski definition) is 0. The smallest absolute Gasteiger partial charge is 0.118 e. The number of benzene rings is 1. The van der Waals surface area contributed by atoms with E-state index < -0.39 is 0 Å². The lowest BCUT2D eigenvalue weighted by molar-refractivity contribution is 1.21. The minimum absolute atomic E-state index is 0.670. The summed E-state index contributed by atoms with van der Waals surface area (Å²) in [5.41, 5.74) is 5.81. The van der Waals surface area contributed by atoms with Crippen molar-refractivity contribution < 1.29 is 0 Å². The normalized spacial score (nSPS) is 11.3. The Morgan fingerprint density at radius 3 is 1.30 bits per heavy atom. The molecule has 5 aromatic heterocycles. The van der Waals surface area contributed by atoms with E-state index in [2.05, 4.69) is 19.9 Å². The van der Waals surface area contributed by atoms with Crippen molar-refractivity contribution in [2.75, 3.05) is 0 Å². The summed E-state index contributed by atoms with van der Waals surface area (Å²) in [6, 6.07) is 19.4. The molecule has 0 bridgehead atoms. The van der Waals surface area contributed by atoms with Crippen molar-refractivity contribution in [3.8, 4) is 22.8 Å². The first-order valence-corrected chi connectivity index (χ1v) is 9.56. The maximum Gasteiger partial charge on any atom is 0.118 e. The molecule has 0 unspecified atom stereocenters. The average Bonchev–Trinajstić information content (AvgIpc) is 2.84. The number of rotatable bonds is 2. The monoisotopic (exact) mass is 386 g/mol. The highest BCUT2D eigenvalue weighted by Crippen LogP contribution is 2.35. The van der Waals surface area contributed by atoms with Crippen LogP contribution >= 0.6 is 0 Å². The van der Waals surface area contributed by atoms with Crippen LogP contribution < -0.4 is 0 Å². The molecule has 6 heteroatoms. The van der Waals surface area contributed by atoms with Crippen molar-refractivity contribution in [3.63, 3.8) is 0 Å². The Labute approximate surface area is 171 Å². The second kappa shape index (κ2) is 6.63. The summed E-state index contributed by atoms with van der Waals surface area (Å²) >= 11 is 0. The van der Waals surface area contributed by atoms with Crippen LogP contribution in [-0.2, 0) is 0 Å². The van der Waals surface area contributed by atoms with Gasteiger partial charge in [0.05, 0.1) is 22.4 Å². The van der Waals surface area contributed by atoms with Crippen molar-refractivity contribution >= 4 is 32.8 Å². The predicted molar refractivity (Wildman–Crippen MR) is 117 cm³/mol. The van der Waals surface area contributed by atoms with Crippen molar-refractivity contribution in [2.45, 2.75) is 0 Å². The number of fused-ring (bicyclic) bond motifs is 6. The lowest BCUT2D eigenvalue weighted by Crippen LogP contribution is -2.00. The fourth-order valence-corrected chi connectivity index (χ4v) is 3.75. The van der Waals surface area contributed by atoms with Crippen LogP contribution in [0.3, 0.4) is 0 Å². The maximum absolute atomic E-state index is 5.03. The Morgan fingerprint density at radius 2 is 0.867 bits per heavy atom. The van der Waals surface area contributed by atoms with E-state index in [-0.39, 0.29) is 0 Å². The summed E-state index contributed by atoms with van der Waals surface area (Å²) in [5, 5.41) is 2.00. The molecule has 0 aliphatic carbocycles. The summed E-state index contributed by atoms with van der Waals surface area (Å²) in [4.78, 5) is 28.4. The number of nitrogens with zero attached hydrogens (tertiary/aromatic N) is 6. The summed E-state index contributed by atoms with van der Waals surface area (Å²) < 4.78 is 0. The average molecular weight is 386 g/mol. The summed E-state index contributed by atoms with van der Waals surface area (Å²) in [7, 11) is 0. The Morgan fingerprint density at radius 1 is 0.400 bits per heavy atom. The third-order valence-corrected chi connectivity index (χ3v) is 5.07. The Balaban J connectivity index is 1.83. The van der Waals surface area contributed by atoms with Gasteiger partial charge in [-0.15, -0.1) is 0 Å². The third-order valence-electron chi connectivity index (χ3n) is 5.07. The zero-order valence-corrected chi connectivity index (χ0v) is 15.8. The first kappa shape index (κ1) is 16.6. The van der Waals surface area contributed by atoms with Crippen LogP contribution in [-0.4, -0.2) is 29.9 Å². The second-order valence-corrected chi connectivity index (χ2v) is 6.85. The van der Waals surface area contributed by atoms with Gasteiger partial charge >= 0.3 is 0 Å². The fraction of sp³-hybridized carbons (Fsp3) is 0. The molecule has 0 aliphatic rings. The second-order valence-electron chi connectivity index (χ2n) is 6.85. The van der Waals surface area contributed by atoms with Gasteiger partial charge in [0.1, 0.15) is 22.4 Å². The molecular weight excluding hydrogens is 372 g/mol. The van der Waals surface area contributed by atoms with E-state index in [0.717, 1.165) is 33.2 Å². The quantitative estimate of drug-likeness (QED) is 0.396. The number of aromatic nitrogens is 6. The van der Waals surface area contributed by atoms with Gasteiger partial charge in [0.25, 0.3) is 0 Å². The van der Waals surface area contributed by atoms with Crippen molar-refractivity contribution in [3.05, 3.63) is 85.5 Å². The largest absolute Gasteiger partial charge is 0.255 e. The van der Waals surface area contributed by atoms with Gasteiger partial charge in [0.2, 0.25) is 0 Å². The molecule has 0 atom stereocenters. The molecule has 0 saturated heterocycles. The molecule has 1 aromatic carbocycles. The molecule has 6 aromatic rings. The van der Waals surface area contributed by atoms with Crippen LogP contribution in [0.15, 0.2) is 85.5 Å². The van der Waals surface area contributed by atoms with Crippen LogP contribution in [0, 0.1) is 0 Å². The summed E-state index contributed by atoms with van der Waals surface area (Å²) in [5.74, 6) is 0. The van der Waals surface area contributed by atoms with Crippen LogP contribution in [0.2, 0.25) is 0 Å². The van der Waals surface area contributed by atoms with E-state index >= 15 is 0 Å². The van der Waals surface area contributed by atoms with E-state index in [1.165, 1.54) is 0 Å². The van der Waals surface area contributed by atoms with Gasteiger partial charge in [-0.3, -0.25) is 19.9 Å². The van der Waals surface area contributed by atoms with Crippen LogP contribution in [0.25, 0.3) is 55.6 Å². The zero-order valence-electron chi connectivity index (χ0n) is 15.8. The maximum atomic E-state index is 5.03. The van der Waals surface area contributed by atoms with Gasteiger partial charge < -0.3 is 0 Å². The first-order chi connectivity index (χ1) is 14.9. The van der Waals surface area contributed by atoms with Gasteiger partial charge in [-0.1, -0.05) is 24.3 Å². The Bertz CT molecular complexity index is 1410. The molecule has 0 spiro atoms. The van der Waals surface area contributed by atoms with Gasteiger partial charge in [-0.2, -0.15) is 0 Å². The molecule has 30 heavy (non-hydrogen) atoms. The molecule has 6 nitrogen and oxygen atoms in total. The lowest BCUT2D eigenvalue weighted by Gasteiger charge is -2.12. The van der Waals surface area contributed by atoms with Gasteiger partial charge in [0.15, 0.2) is 0 Å².